The van der Waals surface area contributed by atoms with Gasteiger partial charge in [-0.3, -0.25) is 9.59 Å². The first-order valence-corrected chi connectivity index (χ1v) is 5.28. The minimum absolute atomic E-state index is 0.278. The van der Waals surface area contributed by atoms with Gasteiger partial charge in [-0.25, -0.2) is 0 Å². The molecule has 4 heteroatoms. The monoisotopic (exact) mass is 220 g/mol. The predicted molar refractivity (Wildman–Crippen MR) is 60.7 cm³/mol. The summed E-state index contributed by atoms with van der Waals surface area (Å²) in [5.41, 5.74) is 0. The lowest BCUT2D eigenvalue weighted by molar-refractivity contribution is -0.128. The summed E-state index contributed by atoms with van der Waals surface area (Å²) in [7, 11) is 0. The van der Waals surface area contributed by atoms with Gasteiger partial charge < -0.3 is 10.2 Å². The van der Waals surface area contributed by atoms with Gasteiger partial charge in [0.25, 0.3) is 0 Å². The third-order valence-corrected chi connectivity index (χ3v) is 1.19. The van der Waals surface area contributed by atoms with Crippen LogP contribution in [0.15, 0.2) is 0 Å². The molecule has 15 heavy (non-hydrogen) atoms. The van der Waals surface area contributed by atoms with E-state index in [0.29, 0.717) is 13.2 Å². The van der Waals surface area contributed by atoms with Crippen molar-refractivity contribution in [2.45, 2.75) is 46.5 Å². The first kappa shape index (κ1) is 19.8. The average Bonchev–Trinajstić information content (AvgIpc) is 2.22. The molecule has 0 radical (unpaired) electrons. The number of aldehydes is 1. The molecular weight excluding hydrogens is 196 g/mol. The molecule has 0 spiro atoms. The molecule has 0 aromatic carbocycles. The summed E-state index contributed by atoms with van der Waals surface area (Å²) in [4.78, 5) is 18.6. The Kier molecular flexibility index (Phi) is 30.6. The van der Waals surface area contributed by atoms with E-state index in [1.54, 1.807) is 0 Å². The number of aliphatic hydroxyl groups excluding tert-OH is 2. The number of hydrogen-bond donors (Lipinski definition) is 2. The summed E-state index contributed by atoms with van der Waals surface area (Å²) in [6.07, 6.45) is 4.35. The van der Waals surface area contributed by atoms with Gasteiger partial charge in [0.15, 0.2) is 12.1 Å². The number of rotatable bonds is 5. The molecule has 0 fully saturated rings. The Morgan fingerprint density at radius 1 is 1.07 bits per heavy atom. The molecular formula is C11H24O4. The van der Waals surface area contributed by atoms with E-state index < -0.39 is 5.78 Å². The van der Waals surface area contributed by atoms with E-state index in [-0.39, 0.29) is 6.29 Å². The Morgan fingerprint density at radius 3 is 1.33 bits per heavy atom. The maximum atomic E-state index is 9.44. The number of unbranched alkanes of at least 4 members (excludes halogenated alkanes) is 2. The van der Waals surface area contributed by atoms with Gasteiger partial charge >= 0.3 is 0 Å². The fourth-order valence-corrected chi connectivity index (χ4v) is 0.316. The molecule has 0 heterocycles. The predicted octanol–water partition coefficient (Wildman–Crippen LogP) is 1.33. The third-order valence-electron chi connectivity index (χ3n) is 1.19. The highest BCUT2D eigenvalue weighted by Gasteiger charge is 1.76. The van der Waals surface area contributed by atoms with Crippen molar-refractivity contribution in [3.05, 3.63) is 0 Å². The quantitative estimate of drug-likeness (QED) is 0.541. The lowest BCUT2D eigenvalue weighted by Crippen LogP contribution is -1.85. The van der Waals surface area contributed by atoms with Gasteiger partial charge in [0.05, 0.1) is 0 Å². The molecule has 0 aliphatic rings. The van der Waals surface area contributed by atoms with Crippen LogP contribution in [0, 0.1) is 0 Å². The van der Waals surface area contributed by atoms with E-state index >= 15 is 0 Å². The van der Waals surface area contributed by atoms with Crippen molar-refractivity contribution in [1.29, 1.82) is 0 Å². The van der Waals surface area contributed by atoms with Crippen LogP contribution < -0.4 is 0 Å². The highest BCUT2D eigenvalue weighted by molar-refractivity contribution is 6.23. The summed E-state index contributed by atoms with van der Waals surface area (Å²) in [5.74, 6) is -0.426. The number of hydrogen-bond acceptors (Lipinski definition) is 4. The van der Waals surface area contributed by atoms with Crippen LogP contribution in [0.5, 0.6) is 0 Å². The van der Waals surface area contributed by atoms with Gasteiger partial charge in [0, 0.05) is 20.1 Å². The van der Waals surface area contributed by atoms with Crippen LogP contribution in [0.4, 0.5) is 0 Å². The normalized spacial score (nSPS) is 7.80. The van der Waals surface area contributed by atoms with Crippen LogP contribution in [0.3, 0.4) is 0 Å². The van der Waals surface area contributed by atoms with Crippen LogP contribution in [0.2, 0.25) is 0 Å². The molecule has 0 aliphatic carbocycles. The van der Waals surface area contributed by atoms with Gasteiger partial charge in [0.2, 0.25) is 0 Å². The number of aliphatic hydroxyl groups is 2. The Morgan fingerprint density at radius 2 is 1.33 bits per heavy atom. The van der Waals surface area contributed by atoms with Crippen molar-refractivity contribution in [3.63, 3.8) is 0 Å². The van der Waals surface area contributed by atoms with Crippen LogP contribution in [-0.2, 0) is 9.59 Å². The summed E-state index contributed by atoms with van der Waals surface area (Å²) in [6.45, 7) is 6.01. The molecule has 0 aromatic rings. The largest absolute Gasteiger partial charge is 0.396 e. The summed E-state index contributed by atoms with van der Waals surface area (Å²) >= 11 is 0. The fraction of sp³-hybridized carbons (Fsp3) is 0.818. The van der Waals surface area contributed by atoms with Crippen molar-refractivity contribution < 1.29 is 19.8 Å². The minimum atomic E-state index is -0.426. The number of carbonyl (C=O) groups excluding carboxylic acids is 2. The Labute approximate surface area is 92.3 Å². The van der Waals surface area contributed by atoms with Crippen LogP contribution >= 0.6 is 0 Å². The molecule has 0 unspecified atom stereocenters. The average molecular weight is 220 g/mol. The van der Waals surface area contributed by atoms with Crippen LogP contribution in [0.25, 0.3) is 0 Å². The van der Waals surface area contributed by atoms with E-state index in [1.165, 1.54) is 6.92 Å². The molecule has 4 nitrogen and oxygen atoms in total. The zero-order valence-corrected chi connectivity index (χ0v) is 10.0. The molecule has 0 rings (SSSR count). The number of carbonyl (C=O) groups is 2. The zero-order chi connectivity index (χ0) is 12.5. The van der Waals surface area contributed by atoms with E-state index in [4.69, 9.17) is 15.0 Å². The highest BCUT2D eigenvalue weighted by atomic mass is 16.3. The highest BCUT2D eigenvalue weighted by Crippen LogP contribution is 1.79. The minimum Gasteiger partial charge on any atom is -0.396 e. The maximum absolute atomic E-state index is 9.44. The Bertz CT molecular complexity index is 114. The molecule has 0 amide bonds. The van der Waals surface area contributed by atoms with Crippen LogP contribution in [-0.4, -0.2) is 35.5 Å². The van der Waals surface area contributed by atoms with Crippen molar-refractivity contribution in [2.24, 2.45) is 0 Å². The summed E-state index contributed by atoms with van der Waals surface area (Å²) in [6, 6.07) is 0. The van der Waals surface area contributed by atoms with E-state index in [1.807, 2.05) is 0 Å². The van der Waals surface area contributed by atoms with E-state index in [0.717, 1.165) is 25.7 Å². The standard InChI is InChI=1S/2C4H10O.C3H4O2/c2*1-2-3-4-5;1-3(5)2-4/h2*5H,2-4H2,1H3;2H,1H3. The van der Waals surface area contributed by atoms with Gasteiger partial charge in [-0.1, -0.05) is 26.7 Å². The smallest absolute Gasteiger partial charge is 0.192 e. The van der Waals surface area contributed by atoms with Crippen molar-refractivity contribution >= 4 is 12.1 Å². The van der Waals surface area contributed by atoms with E-state index in [2.05, 4.69) is 13.8 Å². The zero-order valence-electron chi connectivity index (χ0n) is 10.0. The number of Topliss-reactive ketones (excluding diaryl/α,β-unsaturated/α-hetero) is 1. The lowest BCUT2D eigenvalue weighted by atomic mass is 10.4. The molecule has 2 N–H and O–H groups in total. The van der Waals surface area contributed by atoms with Crippen LogP contribution in [0.1, 0.15) is 46.5 Å². The molecule has 0 atom stereocenters. The number of ketones is 1. The second-order valence-corrected chi connectivity index (χ2v) is 2.88. The molecule has 0 bridgehead atoms. The second kappa shape index (κ2) is 23.2. The van der Waals surface area contributed by atoms with E-state index in [9.17, 15) is 4.79 Å². The van der Waals surface area contributed by atoms with Gasteiger partial charge in [0.1, 0.15) is 0 Å². The second-order valence-electron chi connectivity index (χ2n) is 2.88. The van der Waals surface area contributed by atoms with Gasteiger partial charge in [-0.05, 0) is 12.8 Å². The molecule has 0 aromatic heterocycles. The van der Waals surface area contributed by atoms with Gasteiger partial charge in [-0.2, -0.15) is 0 Å². The summed E-state index contributed by atoms with van der Waals surface area (Å²) < 4.78 is 0. The lowest BCUT2D eigenvalue weighted by Gasteiger charge is -1.79. The SMILES string of the molecule is CC(=O)C=O.CCCCO.CCCCO. The molecule has 0 saturated heterocycles. The van der Waals surface area contributed by atoms with Crippen molar-refractivity contribution in [2.75, 3.05) is 13.2 Å². The first-order chi connectivity index (χ1) is 7.10. The summed E-state index contributed by atoms with van der Waals surface area (Å²) in [5, 5.41) is 16.1. The first-order valence-electron chi connectivity index (χ1n) is 5.28. The third kappa shape index (κ3) is 60.8. The van der Waals surface area contributed by atoms with Gasteiger partial charge in [-0.15, -0.1) is 0 Å². The van der Waals surface area contributed by atoms with Crippen molar-refractivity contribution in [3.8, 4) is 0 Å². The maximum Gasteiger partial charge on any atom is 0.192 e. The topological polar surface area (TPSA) is 74.6 Å². The Hall–Kier alpha value is -0.740. The fourth-order valence-electron chi connectivity index (χ4n) is 0.316. The molecule has 0 aliphatic heterocycles. The molecule has 92 valence electrons. The molecule has 0 saturated carbocycles. The van der Waals surface area contributed by atoms with Crippen molar-refractivity contribution in [1.82, 2.24) is 0 Å². The Balaban J connectivity index is -0.000000144.